The van der Waals surface area contributed by atoms with Crippen molar-refractivity contribution >= 4 is 28.6 Å². The molecule has 0 heterocycles. The van der Waals surface area contributed by atoms with E-state index in [-0.39, 0.29) is 0 Å². The number of carboxylic acid groups (broad SMARTS) is 1. The van der Waals surface area contributed by atoms with Crippen molar-refractivity contribution in [3.05, 3.63) is 62.2 Å². The van der Waals surface area contributed by atoms with Gasteiger partial charge in [0, 0.05) is 3.57 Å². The summed E-state index contributed by atoms with van der Waals surface area (Å²) in [6.07, 6.45) is 0. The Morgan fingerprint density at radius 1 is 1.15 bits per heavy atom. The Kier molecular flexibility index (Phi) is 4.65. The largest absolute Gasteiger partial charge is 0.488 e. The fourth-order valence-corrected chi connectivity index (χ4v) is 2.40. The molecule has 3 nitrogen and oxygen atoms in total. The summed E-state index contributed by atoms with van der Waals surface area (Å²) >= 11 is 2.26. The first-order valence-electron chi connectivity index (χ1n) is 6.19. The summed E-state index contributed by atoms with van der Waals surface area (Å²) in [7, 11) is 0. The van der Waals surface area contributed by atoms with Crippen molar-refractivity contribution in [2.24, 2.45) is 0 Å². The molecule has 2 rings (SSSR count). The van der Waals surface area contributed by atoms with Gasteiger partial charge in [-0.2, -0.15) is 0 Å². The minimum atomic E-state index is -0.916. The number of aryl methyl sites for hydroxylation is 2. The van der Waals surface area contributed by atoms with Gasteiger partial charge in [0.1, 0.15) is 12.4 Å². The van der Waals surface area contributed by atoms with Gasteiger partial charge in [-0.25, -0.2) is 4.79 Å². The van der Waals surface area contributed by atoms with E-state index < -0.39 is 5.97 Å². The Morgan fingerprint density at radius 3 is 2.20 bits per heavy atom. The van der Waals surface area contributed by atoms with Gasteiger partial charge in [-0.1, -0.05) is 12.1 Å². The van der Waals surface area contributed by atoms with Gasteiger partial charge in [-0.3, -0.25) is 0 Å². The lowest BCUT2D eigenvalue weighted by Crippen LogP contribution is -2.03. The van der Waals surface area contributed by atoms with Crippen molar-refractivity contribution in [2.45, 2.75) is 20.5 Å². The Morgan fingerprint density at radius 2 is 1.70 bits per heavy atom. The molecule has 0 atom stereocenters. The van der Waals surface area contributed by atoms with Gasteiger partial charge in [-0.05, 0) is 77.4 Å². The third-order valence-corrected chi connectivity index (χ3v) is 3.72. The van der Waals surface area contributed by atoms with Crippen LogP contribution in [0.5, 0.6) is 5.75 Å². The molecule has 2 aromatic carbocycles. The highest BCUT2D eigenvalue weighted by Gasteiger charge is 2.10. The second-order valence-corrected chi connectivity index (χ2v) is 5.91. The smallest absolute Gasteiger partial charge is 0.335 e. The van der Waals surface area contributed by atoms with E-state index in [1.165, 1.54) is 3.57 Å². The molecule has 0 spiro atoms. The minimum Gasteiger partial charge on any atom is -0.488 e. The molecule has 104 valence electrons. The zero-order chi connectivity index (χ0) is 14.7. The van der Waals surface area contributed by atoms with Crippen LogP contribution in [0.25, 0.3) is 0 Å². The van der Waals surface area contributed by atoms with Crippen molar-refractivity contribution < 1.29 is 14.6 Å². The molecule has 0 saturated heterocycles. The highest BCUT2D eigenvalue weighted by atomic mass is 127. The molecule has 1 N–H and O–H groups in total. The first-order valence-corrected chi connectivity index (χ1v) is 7.27. The standard InChI is InChI=1S/C16H15IO3/c1-10-7-13(16(18)19)8-11(2)15(10)20-9-12-3-5-14(17)6-4-12/h3-8H,9H2,1-2H3,(H,18,19). The summed E-state index contributed by atoms with van der Waals surface area (Å²) in [6.45, 7) is 4.20. The van der Waals surface area contributed by atoms with E-state index in [1.807, 2.05) is 38.1 Å². The van der Waals surface area contributed by atoms with E-state index >= 15 is 0 Å². The van der Waals surface area contributed by atoms with Crippen molar-refractivity contribution in [3.63, 3.8) is 0 Å². The molecule has 0 aliphatic rings. The van der Waals surface area contributed by atoms with Crippen LogP contribution in [0, 0.1) is 17.4 Å². The molecule has 0 fully saturated rings. The molecule has 0 aliphatic heterocycles. The Labute approximate surface area is 131 Å². The van der Waals surface area contributed by atoms with Crippen LogP contribution in [0.15, 0.2) is 36.4 Å². The van der Waals surface area contributed by atoms with Crippen molar-refractivity contribution in [1.82, 2.24) is 0 Å². The normalized spacial score (nSPS) is 10.3. The number of halogens is 1. The number of carbonyl (C=O) groups is 1. The Bertz CT molecular complexity index is 610. The van der Waals surface area contributed by atoms with Gasteiger partial charge < -0.3 is 9.84 Å². The fraction of sp³-hybridized carbons (Fsp3) is 0.188. The van der Waals surface area contributed by atoms with E-state index in [0.29, 0.717) is 12.2 Å². The van der Waals surface area contributed by atoms with E-state index in [9.17, 15) is 4.79 Å². The second kappa shape index (κ2) is 6.26. The average Bonchev–Trinajstić information content (AvgIpc) is 2.39. The molecule has 0 bridgehead atoms. The highest BCUT2D eigenvalue weighted by molar-refractivity contribution is 14.1. The van der Waals surface area contributed by atoms with Crippen LogP contribution in [0.3, 0.4) is 0 Å². The van der Waals surface area contributed by atoms with Gasteiger partial charge in [0.2, 0.25) is 0 Å². The molecule has 0 aliphatic carbocycles. The zero-order valence-electron chi connectivity index (χ0n) is 11.3. The van der Waals surface area contributed by atoms with E-state index in [2.05, 4.69) is 22.6 Å². The number of hydrogen-bond acceptors (Lipinski definition) is 2. The predicted molar refractivity (Wildman–Crippen MR) is 86.4 cm³/mol. The molecule has 2 aromatic rings. The molecular weight excluding hydrogens is 367 g/mol. The lowest BCUT2D eigenvalue weighted by Gasteiger charge is -2.13. The van der Waals surface area contributed by atoms with Crippen LogP contribution in [0.4, 0.5) is 0 Å². The van der Waals surface area contributed by atoms with Gasteiger partial charge in [0.05, 0.1) is 5.56 Å². The van der Waals surface area contributed by atoms with Gasteiger partial charge in [0.15, 0.2) is 0 Å². The number of ether oxygens (including phenoxy) is 1. The van der Waals surface area contributed by atoms with Gasteiger partial charge >= 0.3 is 5.97 Å². The summed E-state index contributed by atoms with van der Waals surface area (Å²) < 4.78 is 7.02. The average molecular weight is 382 g/mol. The van der Waals surface area contributed by atoms with Crippen molar-refractivity contribution in [3.8, 4) is 5.75 Å². The van der Waals surface area contributed by atoms with E-state index in [4.69, 9.17) is 9.84 Å². The Balaban J connectivity index is 2.17. The van der Waals surface area contributed by atoms with Crippen LogP contribution in [0.2, 0.25) is 0 Å². The highest BCUT2D eigenvalue weighted by Crippen LogP contribution is 2.26. The lowest BCUT2D eigenvalue weighted by atomic mass is 10.1. The summed E-state index contributed by atoms with van der Waals surface area (Å²) in [4.78, 5) is 11.0. The molecule has 0 radical (unpaired) electrons. The van der Waals surface area contributed by atoms with Crippen LogP contribution >= 0.6 is 22.6 Å². The number of benzene rings is 2. The molecular formula is C16H15IO3. The van der Waals surface area contributed by atoms with Crippen LogP contribution in [0.1, 0.15) is 27.0 Å². The van der Waals surface area contributed by atoms with Crippen molar-refractivity contribution in [2.75, 3.05) is 0 Å². The molecule has 0 aromatic heterocycles. The monoisotopic (exact) mass is 382 g/mol. The third kappa shape index (κ3) is 3.50. The summed E-state index contributed by atoms with van der Waals surface area (Å²) in [6, 6.07) is 11.4. The SMILES string of the molecule is Cc1cc(C(=O)O)cc(C)c1OCc1ccc(I)cc1. The maximum atomic E-state index is 11.0. The van der Waals surface area contributed by atoms with Crippen molar-refractivity contribution in [1.29, 1.82) is 0 Å². The van der Waals surface area contributed by atoms with Crippen LogP contribution in [-0.4, -0.2) is 11.1 Å². The number of aromatic carboxylic acids is 1. The van der Waals surface area contributed by atoms with Crippen LogP contribution in [-0.2, 0) is 6.61 Å². The number of carboxylic acids is 1. The minimum absolute atomic E-state index is 0.293. The van der Waals surface area contributed by atoms with E-state index in [1.54, 1.807) is 12.1 Å². The van der Waals surface area contributed by atoms with Crippen LogP contribution < -0.4 is 4.74 Å². The summed E-state index contributed by atoms with van der Waals surface area (Å²) in [5.74, 6) is -0.158. The van der Waals surface area contributed by atoms with E-state index in [0.717, 1.165) is 22.4 Å². The van der Waals surface area contributed by atoms with Gasteiger partial charge in [0.25, 0.3) is 0 Å². The molecule has 0 amide bonds. The molecule has 0 saturated carbocycles. The maximum absolute atomic E-state index is 11.0. The quantitative estimate of drug-likeness (QED) is 0.807. The first kappa shape index (κ1) is 14.8. The first-order chi connectivity index (χ1) is 9.47. The second-order valence-electron chi connectivity index (χ2n) is 4.66. The fourth-order valence-electron chi connectivity index (χ4n) is 2.04. The third-order valence-electron chi connectivity index (χ3n) is 3.00. The molecule has 20 heavy (non-hydrogen) atoms. The number of rotatable bonds is 4. The summed E-state index contributed by atoms with van der Waals surface area (Å²) in [5.41, 5.74) is 3.06. The molecule has 4 heteroatoms. The topological polar surface area (TPSA) is 46.5 Å². The Hall–Kier alpha value is -1.56. The molecule has 0 unspecified atom stereocenters. The summed E-state index contributed by atoms with van der Waals surface area (Å²) in [5, 5.41) is 9.02. The number of hydrogen-bond donors (Lipinski definition) is 1. The lowest BCUT2D eigenvalue weighted by molar-refractivity contribution is 0.0696. The zero-order valence-corrected chi connectivity index (χ0v) is 13.5. The maximum Gasteiger partial charge on any atom is 0.335 e. The van der Waals surface area contributed by atoms with Gasteiger partial charge in [-0.15, -0.1) is 0 Å². The predicted octanol–water partition coefficient (Wildman–Crippen LogP) is 4.19.